The lowest BCUT2D eigenvalue weighted by Gasteiger charge is -2.11. The van der Waals surface area contributed by atoms with Crippen LogP contribution < -0.4 is 10.5 Å². The van der Waals surface area contributed by atoms with E-state index in [-0.39, 0.29) is 18.2 Å². The molecule has 3 nitrogen and oxygen atoms in total. The summed E-state index contributed by atoms with van der Waals surface area (Å²) in [7, 11) is 0. The second kappa shape index (κ2) is 7.62. The summed E-state index contributed by atoms with van der Waals surface area (Å²) in [5.41, 5.74) is 6.56. The Bertz CT molecular complexity index is 546. The molecule has 20 heavy (non-hydrogen) atoms. The first-order valence-corrected chi connectivity index (χ1v) is 5.92. The van der Waals surface area contributed by atoms with E-state index < -0.39 is 12.0 Å². The Hall–Kier alpha value is -1.91. The van der Waals surface area contributed by atoms with Gasteiger partial charge in [0.1, 0.15) is 17.6 Å². The number of carbonyl (C=O) groups is 1. The van der Waals surface area contributed by atoms with Crippen molar-refractivity contribution in [2.24, 2.45) is 5.73 Å². The van der Waals surface area contributed by atoms with Gasteiger partial charge >= 0.3 is 5.97 Å². The molecule has 2 rings (SSSR count). The Balaban J connectivity index is 0.00000200. The van der Waals surface area contributed by atoms with Gasteiger partial charge in [-0.1, -0.05) is 30.3 Å². The minimum absolute atomic E-state index is 0. The maximum absolute atomic E-state index is 12.7. The highest BCUT2D eigenvalue weighted by molar-refractivity contribution is 5.85. The van der Waals surface area contributed by atoms with Gasteiger partial charge in [-0.05, 0) is 36.2 Å². The number of carbonyl (C=O) groups excluding carboxylic acids is 1. The fourth-order valence-electron chi connectivity index (χ4n) is 1.64. The normalized spacial score (nSPS) is 11.3. The van der Waals surface area contributed by atoms with Crippen molar-refractivity contribution in [3.63, 3.8) is 0 Å². The van der Waals surface area contributed by atoms with E-state index in [9.17, 15) is 9.18 Å². The summed E-state index contributed by atoms with van der Waals surface area (Å²) in [6.07, 6.45) is 0.311. The SMILES string of the molecule is Cl.N[C@@H](Cc1ccc(F)cc1)C(=O)Oc1ccccc1. The predicted octanol–water partition coefficient (Wildman–Crippen LogP) is 2.72. The Morgan fingerprint density at radius 3 is 2.30 bits per heavy atom. The molecule has 0 saturated carbocycles. The maximum Gasteiger partial charge on any atom is 0.328 e. The molecule has 2 N–H and O–H groups in total. The van der Waals surface area contributed by atoms with Crippen LogP contribution in [0, 0.1) is 5.82 Å². The standard InChI is InChI=1S/C15H14FNO2.ClH/c16-12-8-6-11(7-9-12)10-14(17)15(18)19-13-4-2-1-3-5-13;/h1-9,14H,10,17H2;1H/t14-;/m0./s1. The molecule has 1 atom stereocenters. The van der Waals surface area contributed by atoms with Gasteiger partial charge in [0.05, 0.1) is 0 Å². The summed E-state index contributed by atoms with van der Waals surface area (Å²) in [6, 6.07) is 13.8. The van der Waals surface area contributed by atoms with Gasteiger partial charge in [0.2, 0.25) is 0 Å². The number of halogens is 2. The van der Waals surface area contributed by atoms with Gasteiger partial charge in [0.25, 0.3) is 0 Å². The molecule has 0 amide bonds. The molecule has 0 spiro atoms. The number of hydrogen-bond acceptors (Lipinski definition) is 3. The van der Waals surface area contributed by atoms with Crippen molar-refractivity contribution in [2.45, 2.75) is 12.5 Å². The van der Waals surface area contributed by atoms with Gasteiger partial charge in [-0.2, -0.15) is 0 Å². The Morgan fingerprint density at radius 1 is 1.10 bits per heavy atom. The summed E-state index contributed by atoms with van der Waals surface area (Å²) >= 11 is 0. The van der Waals surface area contributed by atoms with E-state index in [0.717, 1.165) is 5.56 Å². The van der Waals surface area contributed by atoms with Crippen molar-refractivity contribution >= 4 is 18.4 Å². The van der Waals surface area contributed by atoms with E-state index in [2.05, 4.69) is 0 Å². The maximum atomic E-state index is 12.7. The van der Waals surface area contributed by atoms with Crippen molar-refractivity contribution in [3.05, 3.63) is 66.0 Å². The van der Waals surface area contributed by atoms with Crippen molar-refractivity contribution in [3.8, 4) is 5.75 Å². The van der Waals surface area contributed by atoms with Crippen molar-refractivity contribution in [1.29, 1.82) is 0 Å². The molecule has 0 fully saturated rings. The molecule has 0 heterocycles. The summed E-state index contributed by atoms with van der Waals surface area (Å²) in [5.74, 6) is -0.359. The Labute approximate surface area is 123 Å². The number of para-hydroxylation sites is 1. The molecular formula is C15H15ClFNO2. The quantitative estimate of drug-likeness (QED) is 0.697. The van der Waals surface area contributed by atoms with E-state index in [0.29, 0.717) is 12.2 Å². The van der Waals surface area contributed by atoms with Crippen molar-refractivity contribution in [1.82, 2.24) is 0 Å². The summed E-state index contributed by atoms with van der Waals surface area (Å²) in [5, 5.41) is 0. The number of benzene rings is 2. The van der Waals surface area contributed by atoms with Gasteiger partial charge in [-0.15, -0.1) is 12.4 Å². The molecule has 5 heteroatoms. The van der Waals surface area contributed by atoms with Crippen LogP contribution in [0.15, 0.2) is 54.6 Å². The molecule has 2 aromatic carbocycles. The van der Waals surface area contributed by atoms with Crippen LogP contribution in [-0.2, 0) is 11.2 Å². The molecule has 2 aromatic rings. The second-order valence-electron chi connectivity index (χ2n) is 4.17. The third-order valence-electron chi connectivity index (χ3n) is 2.63. The zero-order valence-electron chi connectivity index (χ0n) is 10.7. The molecule has 0 aliphatic heterocycles. The average molecular weight is 296 g/mol. The monoisotopic (exact) mass is 295 g/mol. The summed E-state index contributed by atoms with van der Waals surface area (Å²) in [4.78, 5) is 11.8. The lowest BCUT2D eigenvalue weighted by Crippen LogP contribution is -2.36. The molecule has 0 aromatic heterocycles. The highest BCUT2D eigenvalue weighted by atomic mass is 35.5. The number of ether oxygens (including phenoxy) is 1. The van der Waals surface area contributed by atoms with Crippen LogP contribution in [0.2, 0.25) is 0 Å². The number of hydrogen-bond donors (Lipinski definition) is 1. The van der Waals surface area contributed by atoms with E-state index in [1.165, 1.54) is 12.1 Å². The lowest BCUT2D eigenvalue weighted by atomic mass is 10.1. The van der Waals surface area contributed by atoms with Gasteiger partial charge in [-0.3, -0.25) is 0 Å². The van der Waals surface area contributed by atoms with Crippen LogP contribution in [0.3, 0.4) is 0 Å². The highest BCUT2D eigenvalue weighted by Gasteiger charge is 2.16. The van der Waals surface area contributed by atoms with Gasteiger partial charge in [-0.25, -0.2) is 9.18 Å². The summed E-state index contributed by atoms with van der Waals surface area (Å²) < 4.78 is 17.9. The van der Waals surface area contributed by atoms with Crippen molar-refractivity contribution in [2.75, 3.05) is 0 Å². The predicted molar refractivity (Wildman–Crippen MR) is 77.4 cm³/mol. The minimum Gasteiger partial charge on any atom is -0.425 e. The largest absolute Gasteiger partial charge is 0.425 e. The Morgan fingerprint density at radius 2 is 1.70 bits per heavy atom. The molecule has 0 aliphatic carbocycles. The molecule has 0 bridgehead atoms. The number of rotatable bonds is 4. The number of nitrogens with two attached hydrogens (primary N) is 1. The minimum atomic E-state index is -0.773. The molecule has 0 aliphatic rings. The van der Waals surface area contributed by atoms with E-state index >= 15 is 0 Å². The van der Waals surface area contributed by atoms with E-state index in [1.807, 2.05) is 6.07 Å². The van der Waals surface area contributed by atoms with Gasteiger partial charge in [0.15, 0.2) is 0 Å². The van der Waals surface area contributed by atoms with Crippen LogP contribution in [0.4, 0.5) is 4.39 Å². The highest BCUT2D eigenvalue weighted by Crippen LogP contribution is 2.11. The second-order valence-corrected chi connectivity index (χ2v) is 4.17. The average Bonchev–Trinajstić information content (AvgIpc) is 2.42. The molecule has 106 valence electrons. The molecule has 0 saturated heterocycles. The fraction of sp³-hybridized carbons (Fsp3) is 0.133. The smallest absolute Gasteiger partial charge is 0.328 e. The first-order chi connectivity index (χ1) is 9.15. The lowest BCUT2D eigenvalue weighted by molar-refractivity contribution is -0.135. The molecule has 0 radical (unpaired) electrons. The van der Waals surface area contributed by atoms with Gasteiger partial charge < -0.3 is 10.5 Å². The van der Waals surface area contributed by atoms with Crippen LogP contribution in [0.25, 0.3) is 0 Å². The zero-order valence-corrected chi connectivity index (χ0v) is 11.5. The van der Waals surface area contributed by atoms with Crippen LogP contribution in [-0.4, -0.2) is 12.0 Å². The van der Waals surface area contributed by atoms with Crippen LogP contribution in [0.5, 0.6) is 5.75 Å². The van der Waals surface area contributed by atoms with Crippen LogP contribution >= 0.6 is 12.4 Å². The summed E-state index contributed by atoms with van der Waals surface area (Å²) in [6.45, 7) is 0. The molecular weight excluding hydrogens is 281 g/mol. The molecule has 0 unspecified atom stereocenters. The first-order valence-electron chi connectivity index (χ1n) is 5.92. The fourth-order valence-corrected chi connectivity index (χ4v) is 1.64. The van der Waals surface area contributed by atoms with Crippen LogP contribution in [0.1, 0.15) is 5.56 Å². The topological polar surface area (TPSA) is 52.3 Å². The van der Waals surface area contributed by atoms with E-state index in [1.54, 1.807) is 36.4 Å². The zero-order chi connectivity index (χ0) is 13.7. The third-order valence-corrected chi connectivity index (χ3v) is 2.63. The number of esters is 1. The van der Waals surface area contributed by atoms with Crippen molar-refractivity contribution < 1.29 is 13.9 Å². The Kier molecular flexibility index (Phi) is 6.15. The van der Waals surface area contributed by atoms with E-state index in [4.69, 9.17) is 10.5 Å². The van der Waals surface area contributed by atoms with Gasteiger partial charge in [0, 0.05) is 0 Å². The first kappa shape index (κ1) is 16.1. The third kappa shape index (κ3) is 4.64.